The molecule has 1 aliphatic rings. The molecule has 0 spiro atoms. The largest absolute Gasteiger partial charge is 0.453 e. The third-order valence-corrected chi connectivity index (χ3v) is 4.87. The Morgan fingerprint density at radius 2 is 2.15 bits per heavy atom. The highest BCUT2D eigenvalue weighted by Gasteiger charge is 2.33. The molecule has 1 aromatic heterocycles. The van der Waals surface area contributed by atoms with Gasteiger partial charge in [0.15, 0.2) is 11.7 Å². The number of piperidine rings is 1. The molecule has 146 valence electrons. The molecule has 2 rings (SSSR count). The Labute approximate surface area is 153 Å². The molecule has 0 saturated carbocycles. The number of thiazole rings is 1. The van der Waals surface area contributed by atoms with E-state index in [1.54, 1.807) is 11.9 Å². The highest BCUT2D eigenvalue weighted by Crippen LogP contribution is 2.29. The van der Waals surface area contributed by atoms with E-state index in [1.807, 2.05) is 0 Å². The van der Waals surface area contributed by atoms with E-state index in [0.717, 1.165) is 29.6 Å². The maximum Gasteiger partial charge on any atom is 0.434 e. The standard InChI is InChI=1S/C15H22F3N5O2S/c1-19-13(21-10-4-7-23(8-5-10)14(24)25-2)20-6-3-12-22-11(9-26-12)15(16,17)18/h9-10H,3-8H2,1-2H3,(H2,19,20,21). The van der Waals surface area contributed by atoms with E-state index in [9.17, 15) is 18.0 Å². The van der Waals surface area contributed by atoms with Crippen molar-refractivity contribution in [1.29, 1.82) is 0 Å². The van der Waals surface area contributed by atoms with E-state index in [4.69, 9.17) is 4.74 Å². The molecule has 0 aliphatic carbocycles. The zero-order valence-corrected chi connectivity index (χ0v) is 15.4. The van der Waals surface area contributed by atoms with Crippen molar-refractivity contribution < 1.29 is 22.7 Å². The fourth-order valence-corrected chi connectivity index (χ4v) is 3.37. The van der Waals surface area contributed by atoms with Crippen LogP contribution in [-0.4, -0.2) is 61.8 Å². The minimum Gasteiger partial charge on any atom is -0.453 e. The van der Waals surface area contributed by atoms with E-state index < -0.39 is 11.9 Å². The van der Waals surface area contributed by atoms with Crippen LogP contribution in [0.3, 0.4) is 0 Å². The molecule has 2 N–H and O–H groups in total. The average molecular weight is 393 g/mol. The fraction of sp³-hybridized carbons (Fsp3) is 0.667. The molecule has 1 aromatic rings. The third-order valence-electron chi connectivity index (χ3n) is 3.97. The Morgan fingerprint density at radius 3 is 2.69 bits per heavy atom. The second-order valence-corrected chi connectivity index (χ2v) is 6.69. The lowest BCUT2D eigenvalue weighted by atomic mass is 10.1. The lowest BCUT2D eigenvalue weighted by Crippen LogP contribution is -2.50. The predicted octanol–water partition coefficient (Wildman–Crippen LogP) is 2.10. The minimum atomic E-state index is -4.40. The number of halogens is 3. The molecule has 1 fully saturated rings. The second kappa shape index (κ2) is 9.06. The number of likely N-dealkylation sites (tertiary alicyclic amines) is 1. The van der Waals surface area contributed by atoms with Crippen LogP contribution in [0.25, 0.3) is 0 Å². The number of carbonyl (C=O) groups excluding carboxylic acids is 1. The molecule has 1 amide bonds. The summed E-state index contributed by atoms with van der Waals surface area (Å²) in [5, 5.41) is 7.79. The van der Waals surface area contributed by atoms with Crippen molar-refractivity contribution in [3.8, 4) is 0 Å². The Morgan fingerprint density at radius 1 is 1.46 bits per heavy atom. The molecule has 11 heteroatoms. The number of ether oxygens (including phenoxy) is 1. The average Bonchev–Trinajstić information content (AvgIpc) is 3.10. The normalized spacial score (nSPS) is 16.5. The Hall–Kier alpha value is -2.04. The Balaban J connectivity index is 1.73. The van der Waals surface area contributed by atoms with Gasteiger partial charge in [0.05, 0.1) is 12.1 Å². The maximum absolute atomic E-state index is 12.5. The van der Waals surface area contributed by atoms with Crippen LogP contribution in [0, 0.1) is 0 Å². The number of guanidine groups is 1. The number of alkyl halides is 3. The fourth-order valence-electron chi connectivity index (χ4n) is 2.57. The van der Waals surface area contributed by atoms with Crippen molar-refractivity contribution in [1.82, 2.24) is 20.5 Å². The first-order valence-electron chi connectivity index (χ1n) is 8.15. The van der Waals surface area contributed by atoms with Crippen LogP contribution in [0.2, 0.25) is 0 Å². The summed E-state index contributed by atoms with van der Waals surface area (Å²) in [6, 6.07) is 0.166. The van der Waals surface area contributed by atoms with Gasteiger partial charge in [-0.05, 0) is 12.8 Å². The minimum absolute atomic E-state index is 0.166. The van der Waals surface area contributed by atoms with Gasteiger partial charge in [-0.2, -0.15) is 13.2 Å². The van der Waals surface area contributed by atoms with E-state index in [2.05, 4.69) is 20.6 Å². The molecule has 7 nitrogen and oxygen atoms in total. The van der Waals surface area contributed by atoms with Crippen molar-refractivity contribution in [2.24, 2.45) is 4.99 Å². The summed E-state index contributed by atoms with van der Waals surface area (Å²) in [6.07, 6.45) is -2.83. The zero-order valence-electron chi connectivity index (χ0n) is 14.6. The number of carbonyl (C=O) groups is 1. The first-order chi connectivity index (χ1) is 12.3. The summed E-state index contributed by atoms with van der Waals surface area (Å²) >= 11 is 0.996. The van der Waals surface area contributed by atoms with Crippen LogP contribution in [0.5, 0.6) is 0 Å². The summed E-state index contributed by atoms with van der Waals surface area (Å²) in [7, 11) is 2.99. The van der Waals surface area contributed by atoms with Crippen molar-refractivity contribution >= 4 is 23.4 Å². The SMILES string of the molecule is CN=C(NCCc1nc(C(F)(F)F)cs1)NC1CCN(C(=O)OC)CC1. The third kappa shape index (κ3) is 5.75. The number of nitrogens with one attached hydrogen (secondary N) is 2. The van der Waals surface area contributed by atoms with Gasteiger partial charge in [0.25, 0.3) is 0 Å². The molecular weight excluding hydrogens is 371 g/mol. The second-order valence-electron chi connectivity index (χ2n) is 5.75. The molecule has 1 aliphatic heterocycles. The lowest BCUT2D eigenvalue weighted by molar-refractivity contribution is -0.140. The van der Waals surface area contributed by atoms with E-state index in [1.165, 1.54) is 7.11 Å². The van der Waals surface area contributed by atoms with Gasteiger partial charge in [0.2, 0.25) is 0 Å². The van der Waals surface area contributed by atoms with E-state index >= 15 is 0 Å². The highest BCUT2D eigenvalue weighted by molar-refractivity contribution is 7.09. The molecule has 1 saturated heterocycles. The number of nitrogens with zero attached hydrogens (tertiary/aromatic N) is 3. The van der Waals surface area contributed by atoms with Gasteiger partial charge in [-0.1, -0.05) is 0 Å². The molecule has 0 unspecified atom stereocenters. The zero-order chi connectivity index (χ0) is 19.2. The van der Waals surface area contributed by atoms with Crippen LogP contribution in [-0.2, 0) is 17.3 Å². The van der Waals surface area contributed by atoms with Gasteiger partial charge in [0, 0.05) is 44.5 Å². The van der Waals surface area contributed by atoms with Crippen LogP contribution < -0.4 is 10.6 Å². The Kier molecular flexibility index (Phi) is 7.06. The number of hydrogen-bond acceptors (Lipinski definition) is 5. The first kappa shape index (κ1) is 20.3. The van der Waals surface area contributed by atoms with Crippen LogP contribution >= 0.6 is 11.3 Å². The molecule has 0 aromatic carbocycles. The van der Waals surface area contributed by atoms with Crippen molar-refractivity contribution in [3.63, 3.8) is 0 Å². The topological polar surface area (TPSA) is 78.9 Å². The number of aliphatic imine (C=N–C) groups is 1. The van der Waals surface area contributed by atoms with Crippen LogP contribution in [0.1, 0.15) is 23.5 Å². The monoisotopic (exact) mass is 393 g/mol. The molecule has 0 atom stereocenters. The molecule has 0 bridgehead atoms. The maximum atomic E-state index is 12.5. The van der Waals surface area contributed by atoms with Crippen molar-refractivity contribution in [2.75, 3.05) is 33.8 Å². The Bertz CT molecular complexity index is 627. The van der Waals surface area contributed by atoms with Crippen LogP contribution in [0.4, 0.5) is 18.0 Å². The van der Waals surface area contributed by atoms with Crippen molar-refractivity contribution in [3.05, 3.63) is 16.1 Å². The summed E-state index contributed by atoms with van der Waals surface area (Å²) in [6.45, 7) is 1.62. The van der Waals surface area contributed by atoms with Gasteiger partial charge < -0.3 is 20.3 Å². The van der Waals surface area contributed by atoms with Gasteiger partial charge in [-0.15, -0.1) is 11.3 Å². The molecule has 26 heavy (non-hydrogen) atoms. The van der Waals surface area contributed by atoms with Gasteiger partial charge >= 0.3 is 12.3 Å². The lowest BCUT2D eigenvalue weighted by Gasteiger charge is -2.32. The summed E-state index contributed by atoms with van der Waals surface area (Å²) in [5.74, 6) is 0.578. The quantitative estimate of drug-likeness (QED) is 0.605. The molecular formula is C15H22F3N5O2S. The smallest absolute Gasteiger partial charge is 0.434 e. The van der Waals surface area contributed by atoms with E-state index in [-0.39, 0.29) is 12.1 Å². The highest BCUT2D eigenvalue weighted by atomic mass is 32.1. The molecule has 2 heterocycles. The summed E-state index contributed by atoms with van der Waals surface area (Å²) in [4.78, 5) is 20.8. The number of amides is 1. The first-order valence-corrected chi connectivity index (χ1v) is 9.03. The summed E-state index contributed by atoms with van der Waals surface area (Å²) < 4.78 is 42.3. The molecule has 0 radical (unpaired) electrons. The number of hydrogen-bond donors (Lipinski definition) is 2. The van der Waals surface area contributed by atoms with Gasteiger partial charge in [-0.3, -0.25) is 4.99 Å². The van der Waals surface area contributed by atoms with Crippen molar-refractivity contribution in [2.45, 2.75) is 31.5 Å². The number of methoxy groups -OCH3 is 1. The van der Waals surface area contributed by atoms with E-state index in [0.29, 0.717) is 37.0 Å². The number of aromatic nitrogens is 1. The predicted molar refractivity (Wildman–Crippen MR) is 92.3 cm³/mol. The number of rotatable bonds is 4. The van der Waals surface area contributed by atoms with Gasteiger partial charge in [0.1, 0.15) is 0 Å². The van der Waals surface area contributed by atoms with Crippen LogP contribution in [0.15, 0.2) is 10.4 Å². The van der Waals surface area contributed by atoms with Gasteiger partial charge in [-0.25, -0.2) is 9.78 Å². The summed E-state index contributed by atoms with van der Waals surface area (Å²) in [5.41, 5.74) is -0.850.